The molecule has 0 aromatic heterocycles. The maximum atomic E-state index is 11.1. The summed E-state index contributed by atoms with van der Waals surface area (Å²) in [5.74, 6) is 0.251. The largest absolute Gasteiger partial charge is 0.327 e. The molecule has 1 heterocycles. The summed E-state index contributed by atoms with van der Waals surface area (Å²) < 4.78 is 1.73. The van der Waals surface area contributed by atoms with Gasteiger partial charge in [0.25, 0.3) is 0 Å². The van der Waals surface area contributed by atoms with Gasteiger partial charge >= 0.3 is 0 Å². The number of carbonyl (C=O) groups excluding carboxylic acids is 1. The Kier molecular flexibility index (Phi) is 2.00. The molecule has 0 N–H and O–H groups in total. The zero-order valence-electron chi connectivity index (χ0n) is 6.55. The molecule has 0 aliphatic carbocycles. The van der Waals surface area contributed by atoms with E-state index in [4.69, 9.17) is 0 Å². The van der Waals surface area contributed by atoms with Gasteiger partial charge in [-0.3, -0.25) is 4.79 Å². The van der Waals surface area contributed by atoms with Crippen LogP contribution in [0.5, 0.6) is 0 Å². The zero-order valence-corrected chi connectivity index (χ0v) is 7.71. The van der Waals surface area contributed by atoms with Crippen molar-refractivity contribution in [3.05, 3.63) is 0 Å². The summed E-state index contributed by atoms with van der Waals surface area (Å²) in [5.41, 5.74) is 0.226. The van der Waals surface area contributed by atoms with Crippen molar-refractivity contribution in [3.63, 3.8) is 0 Å². The zero-order chi connectivity index (χ0) is 7.78. The fourth-order valence-electron chi connectivity index (χ4n) is 1.15. The highest BCUT2D eigenvalue weighted by molar-refractivity contribution is 7.14. The molecule has 1 unspecified atom stereocenters. The van der Waals surface area contributed by atoms with Gasteiger partial charge in [-0.15, -0.1) is 0 Å². The van der Waals surface area contributed by atoms with Crippen molar-refractivity contribution in [2.45, 2.75) is 26.7 Å². The first-order valence-electron chi connectivity index (χ1n) is 3.56. The molecule has 0 aromatic carbocycles. The SMILES string of the molecule is CC1(C)CCN(P)C(=O)C1. The third-order valence-electron chi connectivity index (χ3n) is 1.98. The van der Waals surface area contributed by atoms with E-state index in [9.17, 15) is 4.79 Å². The predicted molar refractivity (Wildman–Crippen MR) is 44.4 cm³/mol. The van der Waals surface area contributed by atoms with Crippen molar-refractivity contribution < 1.29 is 4.79 Å². The van der Waals surface area contributed by atoms with Gasteiger partial charge < -0.3 is 4.67 Å². The topological polar surface area (TPSA) is 20.3 Å². The van der Waals surface area contributed by atoms with E-state index in [1.54, 1.807) is 4.67 Å². The van der Waals surface area contributed by atoms with Gasteiger partial charge in [-0.05, 0) is 21.2 Å². The molecule has 0 spiro atoms. The van der Waals surface area contributed by atoms with Crippen LogP contribution in [0.4, 0.5) is 0 Å². The van der Waals surface area contributed by atoms with E-state index in [-0.39, 0.29) is 11.3 Å². The highest BCUT2D eigenvalue weighted by Crippen LogP contribution is 2.31. The Hall–Kier alpha value is -0.100. The van der Waals surface area contributed by atoms with Crippen LogP contribution in [0.3, 0.4) is 0 Å². The summed E-state index contributed by atoms with van der Waals surface area (Å²) in [6.45, 7) is 5.17. The number of nitrogens with zero attached hydrogens (tertiary/aromatic N) is 1. The van der Waals surface area contributed by atoms with E-state index in [1.807, 2.05) is 0 Å². The number of rotatable bonds is 0. The van der Waals surface area contributed by atoms with Crippen LogP contribution in [0, 0.1) is 5.41 Å². The summed E-state index contributed by atoms with van der Waals surface area (Å²) in [4.78, 5) is 11.1. The van der Waals surface area contributed by atoms with Gasteiger partial charge in [0.1, 0.15) is 0 Å². The second kappa shape index (κ2) is 2.50. The van der Waals surface area contributed by atoms with Gasteiger partial charge in [-0.25, -0.2) is 0 Å². The Bertz CT molecular complexity index is 156. The minimum atomic E-state index is 0.226. The van der Waals surface area contributed by atoms with E-state index in [0.717, 1.165) is 13.0 Å². The lowest BCUT2D eigenvalue weighted by Crippen LogP contribution is -2.35. The standard InChI is InChI=1S/C7H14NOP/c1-7(2)3-4-8(10)6(9)5-7/h3-5,10H2,1-2H3. The molecule has 1 atom stereocenters. The summed E-state index contributed by atoms with van der Waals surface area (Å²) in [6, 6.07) is 0. The Labute approximate surface area is 64.2 Å². The first-order valence-corrected chi connectivity index (χ1v) is 4.08. The molecule has 0 radical (unpaired) electrons. The lowest BCUT2D eigenvalue weighted by Gasteiger charge is -2.33. The van der Waals surface area contributed by atoms with Crippen LogP contribution >= 0.6 is 9.39 Å². The Balaban J connectivity index is 2.57. The summed E-state index contributed by atoms with van der Waals surface area (Å²) in [7, 11) is 2.46. The van der Waals surface area contributed by atoms with Crippen LogP contribution in [0.25, 0.3) is 0 Å². The molecule has 58 valence electrons. The Morgan fingerprint density at radius 3 is 2.60 bits per heavy atom. The summed E-state index contributed by atoms with van der Waals surface area (Å²) in [6.07, 6.45) is 1.80. The fraction of sp³-hybridized carbons (Fsp3) is 0.857. The highest BCUT2D eigenvalue weighted by atomic mass is 31.0. The van der Waals surface area contributed by atoms with Gasteiger partial charge in [-0.2, -0.15) is 0 Å². The van der Waals surface area contributed by atoms with Gasteiger partial charge in [0.15, 0.2) is 0 Å². The normalized spacial score (nSPS) is 25.1. The quantitative estimate of drug-likeness (QED) is 0.489. The second-order valence-corrected chi connectivity index (χ2v) is 4.30. The van der Waals surface area contributed by atoms with Crippen LogP contribution in [0.1, 0.15) is 26.7 Å². The van der Waals surface area contributed by atoms with Crippen molar-refractivity contribution in [2.24, 2.45) is 5.41 Å². The molecular weight excluding hydrogens is 145 g/mol. The van der Waals surface area contributed by atoms with Gasteiger partial charge in [0, 0.05) is 13.0 Å². The van der Waals surface area contributed by atoms with E-state index >= 15 is 0 Å². The average molecular weight is 159 g/mol. The maximum absolute atomic E-state index is 11.1. The molecule has 2 nitrogen and oxygen atoms in total. The molecule has 1 aliphatic rings. The first kappa shape index (κ1) is 8.00. The van der Waals surface area contributed by atoms with E-state index in [2.05, 4.69) is 23.2 Å². The van der Waals surface area contributed by atoms with Crippen molar-refractivity contribution in [2.75, 3.05) is 6.54 Å². The molecule has 1 saturated heterocycles. The molecule has 10 heavy (non-hydrogen) atoms. The molecule has 3 heteroatoms. The number of carbonyl (C=O) groups is 1. The molecule has 0 saturated carbocycles. The lowest BCUT2D eigenvalue weighted by atomic mass is 9.83. The van der Waals surface area contributed by atoms with Gasteiger partial charge in [0.2, 0.25) is 5.91 Å². The molecular formula is C7H14NOP. The number of piperidine rings is 1. The Morgan fingerprint density at radius 2 is 2.20 bits per heavy atom. The van der Waals surface area contributed by atoms with Gasteiger partial charge in [-0.1, -0.05) is 13.8 Å². The number of hydrogen-bond donors (Lipinski definition) is 0. The number of amides is 1. The molecule has 1 aliphatic heterocycles. The third kappa shape index (κ3) is 1.69. The monoisotopic (exact) mass is 159 g/mol. The van der Waals surface area contributed by atoms with E-state index < -0.39 is 0 Å². The fourth-order valence-corrected chi connectivity index (χ4v) is 1.37. The maximum Gasteiger partial charge on any atom is 0.225 e. The second-order valence-electron chi connectivity index (χ2n) is 3.68. The van der Waals surface area contributed by atoms with E-state index in [1.165, 1.54) is 0 Å². The Morgan fingerprint density at radius 1 is 1.60 bits per heavy atom. The van der Waals surface area contributed by atoms with Crippen LogP contribution < -0.4 is 0 Å². The minimum Gasteiger partial charge on any atom is -0.327 e. The average Bonchev–Trinajstić information content (AvgIpc) is 1.79. The highest BCUT2D eigenvalue weighted by Gasteiger charge is 2.29. The minimum absolute atomic E-state index is 0.226. The van der Waals surface area contributed by atoms with E-state index in [0.29, 0.717) is 6.42 Å². The molecule has 1 fully saturated rings. The number of hydrogen-bond acceptors (Lipinski definition) is 1. The van der Waals surface area contributed by atoms with Gasteiger partial charge in [0.05, 0.1) is 0 Å². The van der Waals surface area contributed by atoms with Crippen molar-refractivity contribution in [1.29, 1.82) is 0 Å². The third-order valence-corrected chi connectivity index (χ3v) is 2.53. The van der Waals surface area contributed by atoms with Crippen LogP contribution in [-0.2, 0) is 4.79 Å². The van der Waals surface area contributed by atoms with Crippen molar-refractivity contribution >= 4 is 15.3 Å². The van der Waals surface area contributed by atoms with Crippen LogP contribution in [0.15, 0.2) is 0 Å². The summed E-state index contributed by atoms with van der Waals surface area (Å²) >= 11 is 0. The molecule has 1 rings (SSSR count). The smallest absolute Gasteiger partial charge is 0.225 e. The molecule has 0 aromatic rings. The summed E-state index contributed by atoms with van der Waals surface area (Å²) in [5, 5.41) is 0. The molecule has 1 amide bonds. The predicted octanol–water partition coefficient (Wildman–Crippen LogP) is 1.43. The van der Waals surface area contributed by atoms with Crippen molar-refractivity contribution in [3.8, 4) is 0 Å². The van der Waals surface area contributed by atoms with Crippen LogP contribution in [-0.4, -0.2) is 17.1 Å². The molecule has 0 bridgehead atoms. The van der Waals surface area contributed by atoms with Crippen LogP contribution in [0.2, 0.25) is 0 Å². The lowest BCUT2D eigenvalue weighted by molar-refractivity contribution is -0.131. The van der Waals surface area contributed by atoms with Crippen molar-refractivity contribution in [1.82, 2.24) is 4.67 Å². The first-order chi connectivity index (χ1) is 4.51.